The highest BCUT2D eigenvalue weighted by Gasteiger charge is 2.31. The minimum atomic E-state index is -3.46. The Kier molecular flexibility index (Phi) is 4.30. The van der Waals surface area contributed by atoms with Gasteiger partial charge in [0.1, 0.15) is 5.25 Å². The summed E-state index contributed by atoms with van der Waals surface area (Å²) in [4.78, 5) is 11.5. The van der Waals surface area contributed by atoms with Crippen LogP contribution in [-0.4, -0.2) is 42.4 Å². The molecule has 4 N–H and O–H groups in total. The van der Waals surface area contributed by atoms with Crippen LogP contribution in [0.25, 0.3) is 0 Å². The summed E-state index contributed by atoms with van der Waals surface area (Å²) in [6.07, 6.45) is 0.966. The lowest BCUT2D eigenvalue weighted by atomic mass is 10.0. The van der Waals surface area contributed by atoms with Crippen LogP contribution in [0.1, 0.15) is 20.8 Å². The fraction of sp³-hybridized carbons (Fsp3) is 0.750. The van der Waals surface area contributed by atoms with Crippen LogP contribution in [0.2, 0.25) is 0 Å². The molecule has 0 aliphatic rings. The molecule has 94 valence electrons. The van der Waals surface area contributed by atoms with Gasteiger partial charge in [-0.1, -0.05) is 5.16 Å². The molecule has 0 spiro atoms. The number of rotatable bonds is 4. The van der Waals surface area contributed by atoms with Gasteiger partial charge in [-0.05, 0) is 20.8 Å². The van der Waals surface area contributed by atoms with Gasteiger partial charge in [-0.3, -0.25) is 4.79 Å². The van der Waals surface area contributed by atoms with E-state index < -0.39 is 26.5 Å². The van der Waals surface area contributed by atoms with Crippen LogP contribution in [0.3, 0.4) is 0 Å². The highest BCUT2D eigenvalue weighted by Crippen LogP contribution is 2.05. The van der Waals surface area contributed by atoms with Crippen LogP contribution in [0.4, 0.5) is 0 Å². The number of amidine groups is 1. The summed E-state index contributed by atoms with van der Waals surface area (Å²) in [6.45, 7) is 4.26. The Hall–Kier alpha value is -1.31. The Balaban J connectivity index is 4.84. The molecule has 0 heterocycles. The molecule has 0 aliphatic heterocycles. The summed E-state index contributed by atoms with van der Waals surface area (Å²) < 4.78 is 22.3. The molecular formula is C8H17N3O4S. The average Bonchev–Trinajstić information content (AvgIpc) is 2.12. The summed E-state index contributed by atoms with van der Waals surface area (Å²) in [7, 11) is -3.46. The molecule has 0 radical (unpaired) electrons. The third-order valence-corrected chi connectivity index (χ3v) is 3.69. The molecule has 0 aliphatic carbocycles. The van der Waals surface area contributed by atoms with Crippen molar-refractivity contribution in [2.24, 2.45) is 10.9 Å². The summed E-state index contributed by atoms with van der Waals surface area (Å²) in [5.41, 5.74) is 4.24. The van der Waals surface area contributed by atoms with Crippen LogP contribution in [0, 0.1) is 0 Å². The maximum atomic E-state index is 11.5. The average molecular weight is 251 g/mol. The molecule has 0 rings (SSSR count). The van der Waals surface area contributed by atoms with E-state index in [2.05, 4.69) is 10.5 Å². The van der Waals surface area contributed by atoms with Crippen molar-refractivity contribution in [2.45, 2.75) is 31.6 Å². The largest absolute Gasteiger partial charge is 0.409 e. The second-order valence-corrected chi connectivity index (χ2v) is 6.44. The molecule has 0 bridgehead atoms. The number of nitrogens with one attached hydrogen (secondary N) is 1. The summed E-state index contributed by atoms with van der Waals surface area (Å²) in [5, 5.41) is 12.4. The minimum absolute atomic E-state index is 0.207. The maximum absolute atomic E-state index is 11.5. The first-order valence-corrected chi connectivity index (χ1v) is 6.46. The van der Waals surface area contributed by atoms with Crippen LogP contribution in [-0.2, 0) is 14.6 Å². The molecule has 1 amide bonds. The van der Waals surface area contributed by atoms with Gasteiger partial charge >= 0.3 is 0 Å². The molecular weight excluding hydrogens is 234 g/mol. The SMILES string of the molecule is CC(C(=O)NC(C)(C)C(N)=NO)S(C)(=O)=O. The summed E-state index contributed by atoms with van der Waals surface area (Å²) >= 11 is 0. The Labute approximate surface area is 94.6 Å². The number of hydrogen-bond acceptors (Lipinski definition) is 5. The van der Waals surface area contributed by atoms with Crippen molar-refractivity contribution in [1.82, 2.24) is 5.32 Å². The number of hydrogen-bond donors (Lipinski definition) is 3. The highest BCUT2D eigenvalue weighted by molar-refractivity contribution is 7.92. The van der Waals surface area contributed by atoms with Gasteiger partial charge in [-0.15, -0.1) is 0 Å². The Morgan fingerprint density at radius 1 is 1.50 bits per heavy atom. The fourth-order valence-electron chi connectivity index (χ4n) is 0.793. The zero-order valence-electron chi connectivity index (χ0n) is 9.68. The molecule has 0 saturated carbocycles. The van der Waals surface area contributed by atoms with E-state index in [4.69, 9.17) is 10.9 Å². The summed E-state index contributed by atoms with van der Waals surface area (Å²) in [5.74, 6) is -0.902. The topological polar surface area (TPSA) is 122 Å². The van der Waals surface area contributed by atoms with Gasteiger partial charge in [0.2, 0.25) is 5.91 Å². The maximum Gasteiger partial charge on any atom is 0.238 e. The molecule has 0 aromatic heterocycles. The van der Waals surface area contributed by atoms with E-state index in [1.165, 1.54) is 20.8 Å². The molecule has 7 nitrogen and oxygen atoms in total. The standard InChI is InChI=1S/C8H17N3O4S/c1-5(16(4,14)15)6(12)10-8(2,3)7(9)11-13/h5,13H,1-4H3,(H2,9,11)(H,10,12). The van der Waals surface area contributed by atoms with E-state index >= 15 is 0 Å². The van der Waals surface area contributed by atoms with E-state index in [0.717, 1.165) is 6.26 Å². The van der Waals surface area contributed by atoms with Crippen molar-refractivity contribution in [3.8, 4) is 0 Å². The Bertz CT molecular complexity index is 400. The molecule has 0 saturated heterocycles. The number of amides is 1. The van der Waals surface area contributed by atoms with E-state index in [-0.39, 0.29) is 5.84 Å². The van der Waals surface area contributed by atoms with Crippen molar-refractivity contribution in [3.05, 3.63) is 0 Å². The van der Waals surface area contributed by atoms with Gasteiger partial charge in [-0.2, -0.15) is 0 Å². The van der Waals surface area contributed by atoms with Gasteiger partial charge < -0.3 is 16.3 Å². The molecule has 0 aromatic carbocycles. The van der Waals surface area contributed by atoms with Crippen LogP contribution >= 0.6 is 0 Å². The first kappa shape index (κ1) is 14.7. The van der Waals surface area contributed by atoms with E-state index in [1.807, 2.05) is 0 Å². The van der Waals surface area contributed by atoms with Crippen LogP contribution in [0.5, 0.6) is 0 Å². The fourth-order valence-corrected chi connectivity index (χ4v) is 1.24. The number of nitrogens with two attached hydrogens (primary N) is 1. The van der Waals surface area contributed by atoms with Crippen molar-refractivity contribution in [2.75, 3.05) is 6.26 Å². The number of oxime groups is 1. The first-order valence-electron chi connectivity index (χ1n) is 4.51. The van der Waals surface area contributed by atoms with Crippen molar-refractivity contribution < 1.29 is 18.4 Å². The second kappa shape index (κ2) is 4.69. The van der Waals surface area contributed by atoms with Crippen molar-refractivity contribution in [1.29, 1.82) is 0 Å². The predicted octanol–water partition coefficient (Wildman–Crippen LogP) is -0.939. The number of nitrogens with zero attached hydrogens (tertiary/aromatic N) is 1. The van der Waals surface area contributed by atoms with E-state index in [9.17, 15) is 13.2 Å². The Morgan fingerprint density at radius 2 is 1.94 bits per heavy atom. The van der Waals surface area contributed by atoms with Crippen LogP contribution < -0.4 is 11.1 Å². The second-order valence-electron chi connectivity index (χ2n) is 4.07. The molecule has 16 heavy (non-hydrogen) atoms. The molecule has 1 atom stereocenters. The zero-order valence-corrected chi connectivity index (χ0v) is 10.5. The lowest BCUT2D eigenvalue weighted by Gasteiger charge is -2.25. The smallest absolute Gasteiger partial charge is 0.238 e. The van der Waals surface area contributed by atoms with Crippen molar-refractivity contribution >= 4 is 21.6 Å². The lowest BCUT2D eigenvalue weighted by molar-refractivity contribution is -0.121. The van der Waals surface area contributed by atoms with Crippen molar-refractivity contribution in [3.63, 3.8) is 0 Å². The quantitative estimate of drug-likeness (QED) is 0.258. The molecule has 1 unspecified atom stereocenters. The van der Waals surface area contributed by atoms with Crippen LogP contribution in [0.15, 0.2) is 5.16 Å². The number of sulfone groups is 1. The molecule has 0 fully saturated rings. The monoisotopic (exact) mass is 251 g/mol. The first-order chi connectivity index (χ1) is 7.02. The van der Waals surface area contributed by atoms with Gasteiger partial charge in [0, 0.05) is 6.26 Å². The highest BCUT2D eigenvalue weighted by atomic mass is 32.2. The Morgan fingerprint density at radius 3 is 2.25 bits per heavy atom. The predicted molar refractivity (Wildman–Crippen MR) is 59.9 cm³/mol. The number of carbonyl (C=O) groups excluding carboxylic acids is 1. The molecule has 8 heteroatoms. The minimum Gasteiger partial charge on any atom is -0.409 e. The number of carbonyl (C=O) groups is 1. The third kappa shape index (κ3) is 3.69. The van der Waals surface area contributed by atoms with Gasteiger partial charge in [0.05, 0.1) is 5.54 Å². The molecule has 0 aromatic rings. The van der Waals surface area contributed by atoms with Gasteiger partial charge in [0.25, 0.3) is 0 Å². The lowest BCUT2D eigenvalue weighted by Crippen LogP contribution is -2.56. The summed E-state index contributed by atoms with van der Waals surface area (Å²) in [6, 6.07) is 0. The normalized spacial score (nSPS) is 15.6. The van der Waals surface area contributed by atoms with Gasteiger partial charge in [0.15, 0.2) is 15.7 Å². The van der Waals surface area contributed by atoms with E-state index in [1.54, 1.807) is 0 Å². The van der Waals surface area contributed by atoms with Gasteiger partial charge in [-0.25, -0.2) is 8.42 Å². The zero-order chi connectivity index (χ0) is 13.1. The van der Waals surface area contributed by atoms with E-state index in [0.29, 0.717) is 0 Å². The third-order valence-electron chi connectivity index (χ3n) is 2.20.